The number of hydrogen-bond donors (Lipinski definition) is 3. The lowest BCUT2D eigenvalue weighted by atomic mass is 9.97. The lowest BCUT2D eigenvalue weighted by molar-refractivity contribution is -0.120. The second-order valence-corrected chi connectivity index (χ2v) is 4.51. The van der Waals surface area contributed by atoms with Crippen LogP contribution in [0.2, 0.25) is 0 Å². The van der Waals surface area contributed by atoms with Crippen molar-refractivity contribution in [3.63, 3.8) is 0 Å². The van der Waals surface area contributed by atoms with Gasteiger partial charge in [-0.05, 0) is 12.3 Å². The minimum Gasteiger partial charge on any atom is -0.393 e. The number of nitrogens with zero attached hydrogens (tertiary/aromatic N) is 1. The molecule has 0 aromatic heterocycles. The third-order valence-electron chi connectivity index (χ3n) is 3.08. The van der Waals surface area contributed by atoms with Crippen LogP contribution in [0, 0.1) is 5.92 Å². The van der Waals surface area contributed by atoms with Gasteiger partial charge in [-0.25, -0.2) is 4.79 Å². The summed E-state index contributed by atoms with van der Waals surface area (Å²) in [5.41, 5.74) is 0. The molecule has 98 valence electrons. The third kappa shape index (κ3) is 4.70. The number of aliphatic hydroxyl groups excluding tert-OH is 1. The van der Waals surface area contributed by atoms with Crippen LogP contribution in [0.4, 0.5) is 4.79 Å². The van der Waals surface area contributed by atoms with E-state index in [1.807, 2.05) is 6.92 Å². The van der Waals surface area contributed by atoms with Crippen LogP contribution in [-0.2, 0) is 4.79 Å². The van der Waals surface area contributed by atoms with Gasteiger partial charge in [0.25, 0.3) is 0 Å². The zero-order chi connectivity index (χ0) is 12.8. The molecule has 3 N–H and O–H groups in total. The standard InChI is InChI=1S/C11H21N3O3/c1-8-7-14(5-3-9(8)15)6-4-10(16)13-11(17)12-2/h8-9,15H,3-7H2,1-2H3,(H2,12,13,16,17). The fourth-order valence-electron chi connectivity index (χ4n) is 1.93. The number of rotatable bonds is 3. The number of hydrogen-bond acceptors (Lipinski definition) is 4. The van der Waals surface area contributed by atoms with Gasteiger partial charge in [0.2, 0.25) is 5.91 Å². The SMILES string of the molecule is CNC(=O)NC(=O)CCN1CCC(O)C(C)C1. The first-order valence-corrected chi connectivity index (χ1v) is 5.95. The number of amides is 3. The quantitative estimate of drug-likeness (QED) is 0.626. The molecule has 0 aliphatic carbocycles. The smallest absolute Gasteiger partial charge is 0.321 e. The highest BCUT2D eigenvalue weighted by Gasteiger charge is 2.24. The molecule has 6 heteroatoms. The van der Waals surface area contributed by atoms with E-state index in [-0.39, 0.29) is 17.9 Å². The van der Waals surface area contributed by atoms with Gasteiger partial charge in [-0.2, -0.15) is 0 Å². The van der Waals surface area contributed by atoms with E-state index in [1.165, 1.54) is 7.05 Å². The fourth-order valence-corrected chi connectivity index (χ4v) is 1.93. The molecule has 2 atom stereocenters. The van der Waals surface area contributed by atoms with Gasteiger partial charge >= 0.3 is 6.03 Å². The summed E-state index contributed by atoms with van der Waals surface area (Å²) in [6.45, 7) is 4.23. The Kier molecular flexibility index (Phi) is 5.37. The molecule has 0 radical (unpaired) electrons. The first-order valence-electron chi connectivity index (χ1n) is 5.95. The van der Waals surface area contributed by atoms with Crippen LogP contribution in [0.1, 0.15) is 19.8 Å². The minimum atomic E-state index is -0.475. The Morgan fingerprint density at radius 1 is 1.47 bits per heavy atom. The Bertz CT molecular complexity index is 283. The summed E-state index contributed by atoms with van der Waals surface area (Å²) >= 11 is 0. The number of aliphatic hydroxyl groups is 1. The van der Waals surface area contributed by atoms with E-state index in [2.05, 4.69) is 15.5 Å². The van der Waals surface area contributed by atoms with Gasteiger partial charge in [-0.1, -0.05) is 6.92 Å². The van der Waals surface area contributed by atoms with Gasteiger partial charge in [-0.15, -0.1) is 0 Å². The van der Waals surface area contributed by atoms with Crippen molar-refractivity contribution in [2.75, 3.05) is 26.7 Å². The molecule has 1 aliphatic rings. The summed E-state index contributed by atoms with van der Waals surface area (Å²) in [7, 11) is 1.47. The highest BCUT2D eigenvalue weighted by molar-refractivity contribution is 5.94. The topological polar surface area (TPSA) is 81.7 Å². The molecule has 3 amide bonds. The zero-order valence-corrected chi connectivity index (χ0v) is 10.4. The van der Waals surface area contributed by atoms with E-state index in [1.54, 1.807) is 0 Å². The normalized spacial score (nSPS) is 25.4. The van der Waals surface area contributed by atoms with Crippen molar-refractivity contribution in [2.45, 2.75) is 25.9 Å². The molecule has 1 heterocycles. The van der Waals surface area contributed by atoms with Gasteiger partial charge in [0, 0.05) is 33.1 Å². The van der Waals surface area contributed by atoms with Crippen LogP contribution in [0.3, 0.4) is 0 Å². The molecule has 1 saturated heterocycles. The maximum Gasteiger partial charge on any atom is 0.321 e. The van der Waals surface area contributed by atoms with E-state index in [9.17, 15) is 14.7 Å². The van der Waals surface area contributed by atoms with Gasteiger partial charge in [0.05, 0.1) is 6.10 Å². The van der Waals surface area contributed by atoms with Crippen LogP contribution >= 0.6 is 0 Å². The average Bonchev–Trinajstić information content (AvgIpc) is 2.30. The monoisotopic (exact) mass is 243 g/mol. The van der Waals surface area contributed by atoms with Crippen molar-refractivity contribution in [1.82, 2.24) is 15.5 Å². The molecule has 6 nitrogen and oxygen atoms in total. The molecule has 1 rings (SSSR count). The summed E-state index contributed by atoms with van der Waals surface area (Å²) in [6, 6.07) is -0.475. The number of nitrogens with one attached hydrogen (secondary N) is 2. The molecule has 0 saturated carbocycles. The molecule has 0 aromatic rings. The van der Waals surface area contributed by atoms with Gasteiger partial charge in [-0.3, -0.25) is 10.1 Å². The third-order valence-corrected chi connectivity index (χ3v) is 3.08. The molecule has 0 spiro atoms. The van der Waals surface area contributed by atoms with Crippen molar-refractivity contribution in [1.29, 1.82) is 0 Å². The predicted octanol–water partition coefficient (Wildman–Crippen LogP) is -0.465. The van der Waals surface area contributed by atoms with E-state index in [0.717, 1.165) is 19.5 Å². The van der Waals surface area contributed by atoms with Gasteiger partial charge < -0.3 is 15.3 Å². The first-order chi connectivity index (χ1) is 8.02. The van der Waals surface area contributed by atoms with Crippen molar-refractivity contribution in [3.05, 3.63) is 0 Å². The first kappa shape index (κ1) is 13.9. The van der Waals surface area contributed by atoms with Crippen LogP contribution in [0.25, 0.3) is 0 Å². The second-order valence-electron chi connectivity index (χ2n) is 4.51. The van der Waals surface area contributed by atoms with Crippen LogP contribution in [0.15, 0.2) is 0 Å². The van der Waals surface area contributed by atoms with Gasteiger partial charge in [0.15, 0.2) is 0 Å². The zero-order valence-electron chi connectivity index (χ0n) is 10.4. The summed E-state index contributed by atoms with van der Waals surface area (Å²) in [6.07, 6.45) is 0.819. The highest BCUT2D eigenvalue weighted by Crippen LogP contribution is 2.16. The van der Waals surface area contributed by atoms with Crippen molar-refractivity contribution < 1.29 is 14.7 Å². The van der Waals surface area contributed by atoms with E-state index >= 15 is 0 Å². The molecular formula is C11H21N3O3. The number of likely N-dealkylation sites (tertiary alicyclic amines) is 1. The molecule has 1 aliphatic heterocycles. The number of carbonyl (C=O) groups is 2. The lowest BCUT2D eigenvalue weighted by Gasteiger charge is -2.34. The summed E-state index contributed by atoms with van der Waals surface area (Å²) in [5.74, 6) is -0.0334. The number of carbonyl (C=O) groups excluding carboxylic acids is 2. The van der Waals surface area contributed by atoms with Gasteiger partial charge in [0.1, 0.15) is 0 Å². The number of urea groups is 1. The van der Waals surface area contributed by atoms with E-state index < -0.39 is 6.03 Å². The van der Waals surface area contributed by atoms with Crippen molar-refractivity contribution in [3.8, 4) is 0 Å². The van der Waals surface area contributed by atoms with E-state index in [0.29, 0.717) is 13.0 Å². The maximum atomic E-state index is 11.4. The average molecular weight is 243 g/mol. The molecule has 0 aromatic carbocycles. The summed E-state index contributed by atoms with van der Waals surface area (Å²) < 4.78 is 0. The molecule has 1 fully saturated rings. The Balaban J connectivity index is 2.22. The van der Waals surface area contributed by atoms with Crippen LogP contribution in [0.5, 0.6) is 0 Å². The minimum absolute atomic E-state index is 0.231. The van der Waals surface area contributed by atoms with Crippen LogP contribution < -0.4 is 10.6 Å². The summed E-state index contributed by atoms with van der Waals surface area (Å²) in [4.78, 5) is 24.4. The Hall–Kier alpha value is -1.14. The highest BCUT2D eigenvalue weighted by atomic mass is 16.3. The molecule has 2 unspecified atom stereocenters. The van der Waals surface area contributed by atoms with Crippen LogP contribution in [-0.4, -0.2) is 54.7 Å². The Morgan fingerprint density at radius 3 is 2.76 bits per heavy atom. The molecule has 0 bridgehead atoms. The lowest BCUT2D eigenvalue weighted by Crippen LogP contribution is -2.44. The Labute approximate surface area is 101 Å². The van der Waals surface area contributed by atoms with E-state index in [4.69, 9.17) is 0 Å². The maximum absolute atomic E-state index is 11.4. The van der Waals surface area contributed by atoms with Crippen molar-refractivity contribution in [2.24, 2.45) is 5.92 Å². The predicted molar refractivity (Wildman–Crippen MR) is 63.4 cm³/mol. The Morgan fingerprint density at radius 2 is 2.18 bits per heavy atom. The van der Waals surface area contributed by atoms with Crippen molar-refractivity contribution >= 4 is 11.9 Å². The second kappa shape index (κ2) is 6.56. The molecule has 17 heavy (non-hydrogen) atoms. The number of imide groups is 1. The fraction of sp³-hybridized carbons (Fsp3) is 0.818. The molecular weight excluding hydrogens is 222 g/mol. The largest absolute Gasteiger partial charge is 0.393 e. The summed E-state index contributed by atoms with van der Waals surface area (Å²) in [5, 5.41) is 14.1. The number of piperidine rings is 1.